The number of hydrogen-bond acceptors (Lipinski definition) is 6. The van der Waals surface area contributed by atoms with Gasteiger partial charge < -0.3 is 15.0 Å². The minimum atomic E-state index is -0.407. The van der Waals surface area contributed by atoms with Gasteiger partial charge in [-0.15, -0.1) is 0 Å². The number of methoxy groups -OCH3 is 1. The first-order valence-corrected chi connectivity index (χ1v) is 5.15. The van der Waals surface area contributed by atoms with Crippen molar-refractivity contribution in [3.8, 4) is 5.75 Å². The van der Waals surface area contributed by atoms with E-state index in [0.717, 1.165) is 0 Å². The van der Waals surface area contributed by atoms with Crippen LogP contribution in [0, 0.1) is 6.92 Å². The first-order valence-electron chi connectivity index (χ1n) is 5.15. The summed E-state index contributed by atoms with van der Waals surface area (Å²) in [7, 11) is 1.46. The second-order valence-corrected chi connectivity index (χ2v) is 3.56. The molecule has 0 aliphatic carbocycles. The summed E-state index contributed by atoms with van der Waals surface area (Å²) in [6, 6.07) is 4.77. The summed E-state index contributed by atoms with van der Waals surface area (Å²) < 4.78 is 9.88. The van der Waals surface area contributed by atoms with Crippen LogP contribution in [-0.2, 0) is 0 Å². The number of carbonyl (C=O) groups excluding carboxylic acids is 1. The van der Waals surface area contributed by atoms with Gasteiger partial charge in [0.25, 0.3) is 5.91 Å². The summed E-state index contributed by atoms with van der Waals surface area (Å²) >= 11 is 0. The number of nitrogens with zero attached hydrogens (tertiary/aromatic N) is 2. The first kappa shape index (κ1) is 11.9. The Bertz CT molecular complexity index is 579. The van der Waals surface area contributed by atoms with Gasteiger partial charge in [0, 0.05) is 11.8 Å². The summed E-state index contributed by atoms with van der Waals surface area (Å²) in [4.78, 5) is 15.8. The average Bonchev–Trinajstić information content (AvgIpc) is 2.74. The van der Waals surface area contributed by atoms with Gasteiger partial charge in [-0.25, -0.2) is 0 Å². The van der Waals surface area contributed by atoms with Crippen LogP contribution in [0.25, 0.3) is 0 Å². The highest BCUT2D eigenvalue weighted by atomic mass is 16.5. The molecule has 0 aliphatic rings. The second-order valence-electron chi connectivity index (χ2n) is 3.56. The normalized spacial score (nSPS) is 10.1. The summed E-state index contributed by atoms with van der Waals surface area (Å²) in [5, 5.41) is 6.04. The molecule has 0 bridgehead atoms. The standard InChI is InChI=1S/C11H12N4O3/c1-6-13-11(18-15-6)14-10(16)8-4-3-7(12)5-9(8)17-2/h3-5H,12H2,1-2H3,(H,13,14,15,16). The van der Waals surface area contributed by atoms with E-state index in [2.05, 4.69) is 15.5 Å². The largest absolute Gasteiger partial charge is 0.496 e. The maximum absolute atomic E-state index is 12.0. The summed E-state index contributed by atoms with van der Waals surface area (Å²) in [6.07, 6.45) is 0. The van der Waals surface area contributed by atoms with Crippen molar-refractivity contribution in [2.75, 3.05) is 18.2 Å². The molecule has 0 aliphatic heterocycles. The van der Waals surface area contributed by atoms with E-state index in [9.17, 15) is 4.79 Å². The fraction of sp³-hybridized carbons (Fsp3) is 0.182. The van der Waals surface area contributed by atoms with Crippen molar-refractivity contribution in [1.29, 1.82) is 0 Å². The lowest BCUT2D eigenvalue weighted by Gasteiger charge is -2.07. The number of benzene rings is 1. The molecule has 3 N–H and O–H groups in total. The van der Waals surface area contributed by atoms with E-state index in [4.69, 9.17) is 15.0 Å². The van der Waals surface area contributed by atoms with Gasteiger partial charge in [0.15, 0.2) is 5.82 Å². The molecule has 94 valence electrons. The molecular formula is C11H12N4O3. The van der Waals surface area contributed by atoms with Crippen molar-refractivity contribution in [1.82, 2.24) is 10.1 Å². The van der Waals surface area contributed by atoms with Crippen LogP contribution in [0.5, 0.6) is 5.75 Å². The van der Waals surface area contributed by atoms with Crippen LogP contribution in [0.4, 0.5) is 11.7 Å². The Balaban J connectivity index is 2.23. The summed E-state index contributed by atoms with van der Waals surface area (Å²) in [5.41, 5.74) is 6.45. The van der Waals surface area contributed by atoms with Gasteiger partial charge in [0.2, 0.25) is 0 Å². The Hall–Kier alpha value is -2.57. The minimum Gasteiger partial charge on any atom is -0.496 e. The Morgan fingerprint density at radius 2 is 2.28 bits per heavy atom. The van der Waals surface area contributed by atoms with Crippen molar-refractivity contribution < 1.29 is 14.1 Å². The van der Waals surface area contributed by atoms with Crippen molar-refractivity contribution in [2.45, 2.75) is 6.92 Å². The van der Waals surface area contributed by atoms with Gasteiger partial charge in [0.05, 0.1) is 12.7 Å². The highest BCUT2D eigenvalue weighted by Gasteiger charge is 2.15. The lowest BCUT2D eigenvalue weighted by atomic mass is 10.1. The van der Waals surface area contributed by atoms with E-state index in [1.54, 1.807) is 25.1 Å². The summed E-state index contributed by atoms with van der Waals surface area (Å²) in [6.45, 7) is 1.66. The van der Waals surface area contributed by atoms with Gasteiger partial charge in [-0.1, -0.05) is 5.16 Å². The Labute approximate surface area is 103 Å². The first-order chi connectivity index (χ1) is 8.60. The van der Waals surface area contributed by atoms with E-state index in [1.807, 2.05) is 0 Å². The molecule has 1 heterocycles. The molecule has 0 saturated heterocycles. The minimum absolute atomic E-state index is 0.0383. The van der Waals surface area contributed by atoms with Crippen molar-refractivity contribution >= 4 is 17.6 Å². The number of amides is 1. The molecule has 7 heteroatoms. The van der Waals surface area contributed by atoms with Gasteiger partial charge in [-0.2, -0.15) is 4.98 Å². The van der Waals surface area contributed by atoms with Crippen LogP contribution in [0.15, 0.2) is 22.7 Å². The van der Waals surface area contributed by atoms with E-state index < -0.39 is 5.91 Å². The lowest BCUT2D eigenvalue weighted by molar-refractivity contribution is 0.102. The Kier molecular flexibility index (Phi) is 3.13. The average molecular weight is 248 g/mol. The second kappa shape index (κ2) is 4.74. The maximum Gasteiger partial charge on any atom is 0.328 e. The quantitative estimate of drug-likeness (QED) is 0.791. The molecule has 0 atom stereocenters. The maximum atomic E-state index is 12.0. The van der Waals surface area contributed by atoms with Gasteiger partial charge in [-0.3, -0.25) is 10.1 Å². The zero-order valence-electron chi connectivity index (χ0n) is 9.93. The van der Waals surface area contributed by atoms with E-state index in [-0.39, 0.29) is 6.01 Å². The number of aryl methyl sites for hydroxylation is 1. The van der Waals surface area contributed by atoms with Crippen LogP contribution < -0.4 is 15.8 Å². The molecular weight excluding hydrogens is 236 g/mol. The number of nitrogens with one attached hydrogen (secondary N) is 1. The number of rotatable bonds is 3. The van der Waals surface area contributed by atoms with Crippen LogP contribution in [0.2, 0.25) is 0 Å². The lowest BCUT2D eigenvalue weighted by Crippen LogP contribution is -2.13. The molecule has 0 unspecified atom stereocenters. The SMILES string of the molecule is COc1cc(N)ccc1C(=O)Nc1nc(C)no1. The van der Waals surface area contributed by atoms with Crippen LogP contribution in [0.3, 0.4) is 0 Å². The molecule has 18 heavy (non-hydrogen) atoms. The topological polar surface area (TPSA) is 103 Å². The predicted octanol–water partition coefficient (Wildman–Crippen LogP) is 1.22. The molecule has 1 aromatic heterocycles. The fourth-order valence-corrected chi connectivity index (χ4v) is 1.41. The predicted molar refractivity (Wildman–Crippen MR) is 64.4 cm³/mol. The summed E-state index contributed by atoms with van der Waals surface area (Å²) in [5.74, 6) is 0.411. The van der Waals surface area contributed by atoms with Gasteiger partial charge >= 0.3 is 6.01 Å². The number of hydrogen-bond donors (Lipinski definition) is 2. The number of anilines is 2. The fourth-order valence-electron chi connectivity index (χ4n) is 1.41. The third-order valence-corrected chi connectivity index (χ3v) is 2.22. The number of carbonyl (C=O) groups is 1. The van der Waals surface area contributed by atoms with E-state index in [0.29, 0.717) is 22.8 Å². The molecule has 0 spiro atoms. The highest BCUT2D eigenvalue weighted by Crippen LogP contribution is 2.22. The number of ether oxygens (including phenoxy) is 1. The molecule has 0 radical (unpaired) electrons. The molecule has 1 aromatic carbocycles. The third kappa shape index (κ3) is 2.40. The zero-order valence-corrected chi connectivity index (χ0v) is 9.93. The van der Waals surface area contributed by atoms with Crippen LogP contribution >= 0.6 is 0 Å². The third-order valence-electron chi connectivity index (χ3n) is 2.22. The highest BCUT2D eigenvalue weighted by molar-refractivity contribution is 6.05. The van der Waals surface area contributed by atoms with Crippen molar-refractivity contribution in [3.63, 3.8) is 0 Å². The smallest absolute Gasteiger partial charge is 0.328 e. The van der Waals surface area contributed by atoms with Gasteiger partial charge in [0.1, 0.15) is 5.75 Å². The Morgan fingerprint density at radius 3 is 2.89 bits per heavy atom. The number of nitrogens with two attached hydrogens (primary N) is 1. The molecule has 0 fully saturated rings. The van der Waals surface area contributed by atoms with Crippen molar-refractivity contribution in [3.05, 3.63) is 29.6 Å². The molecule has 0 saturated carbocycles. The van der Waals surface area contributed by atoms with Crippen LogP contribution in [0.1, 0.15) is 16.2 Å². The number of aromatic nitrogens is 2. The molecule has 7 nitrogen and oxygen atoms in total. The zero-order chi connectivity index (χ0) is 13.1. The monoisotopic (exact) mass is 248 g/mol. The number of nitrogen functional groups attached to an aromatic ring is 1. The molecule has 2 rings (SSSR count). The molecule has 1 amide bonds. The van der Waals surface area contributed by atoms with Crippen molar-refractivity contribution in [2.24, 2.45) is 0 Å². The van der Waals surface area contributed by atoms with E-state index in [1.165, 1.54) is 7.11 Å². The van der Waals surface area contributed by atoms with Crippen LogP contribution in [-0.4, -0.2) is 23.2 Å². The van der Waals surface area contributed by atoms with E-state index >= 15 is 0 Å². The Morgan fingerprint density at radius 1 is 1.50 bits per heavy atom. The van der Waals surface area contributed by atoms with Gasteiger partial charge in [-0.05, 0) is 19.1 Å². The molecule has 2 aromatic rings.